The Labute approximate surface area is 196 Å². The third-order valence-electron chi connectivity index (χ3n) is 4.72. The van der Waals surface area contributed by atoms with Crippen LogP contribution in [0.5, 0.6) is 0 Å². The summed E-state index contributed by atoms with van der Waals surface area (Å²) >= 11 is 1.42. The third-order valence-corrected chi connectivity index (χ3v) is 5.82. The quantitative estimate of drug-likeness (QED) is 0.342. The van der Waals surface area contributed by atoms with E-state index in [4.69, 9.17) is 5.11 Å². The van der Waals surface area contributed by atoms with Crippen molar-refractivity contribution in [3.8, 4) is 0 Å². The topological polar surface area (TPSA) is 86.7 Å². The minimum atomic E-state index is -1.14. The van der Waals surface area contributed by atoms with Gasteiger partial charge in [0.05, 0.1) is 5.25 Å². The van der Waals surface area contributed by atoms with Gasteiger partial charge in [0.15, 0.2) is 0 Å². The van der Waals surface area contributed by atoms with Crippen LogP contribution in [0.4, 0.5) is 17.1 Å². The summed E-state index contributed by atoms with van der Waals surface area (Å²) in [5.41, 5.74) is 2.08. The highest BCUT2D eigenvalue weighted by atomic mass is 32.2. The number of carbonyl (C=O) groups is 3. The number of thioether (sulfide) groups is 1. The number of nitrogens with zero attached hydrogens (tertiary/aromatic N) is 1. The number of hydrogen-bond acceptors (Lipinski definition) is 4. The molecule has 2 amide bonds. The van der Waals surface area contributed by atoms with Crippen LogP contribution in [0, 0.1) is 0 Å². The van der Waals surface area contributed by atoms with Crippen molar-refractivity contribution in [2.45, 2.75) is 24.0 Å². The lowest BCUT2D eigenvalue weighted by Crippen LogP contribution is -2.32. The first-order valence-electron chi connectivity index (χ1n) is 10.3. The molecule has 168 valence electrons. The second-order valence-corrected chi connectivity index (χ2v) is 8.67. The molecule has 3 aromatic rings. The molecule has 7 heteroatoms. The van der Waals surface area contributed by atoms with Crippen molar-refractivity contribution in [1.82, 2.24) is 0 Å². The molecule has 0 spiro atoms. The third kappa shape index (κ3) is 6.57. The zero-order chi connectivity index (χ0) is 23.8. The molecule has 3 rings (SSSR count). The zero-order valence-corrected chi connectivity index (χ0v) is 19.1. The molecule has 0 aromatic heterocycles. The van der Waals surface area contributed by atoms with Crippen molar-refractivity contribution in [3.63, 3.8) is 0 Å². The molecule has 0 radical (unpaired) electrons. The lowest BCUT2D eigenvalue weighted by atomic mass is 10.2. The number of carbonyl (C=O) groups excluding carboxylic acids is 2. The van der Waals surface area contributed by atoms with Gasteiger partial charge in [-0.1, -0.05) is 36.4 Å². The Bertz CT molecular complexity index is 1110. The highest BCUT2D eigenvalue weighted by Crippen LogP contribution is 2.31. The van der Waals surface area contributed by atoms with Gasteiger partial charge in [-0.2, -0.15) is 0 Å². The van der Waals surface area contributed by atoms with Crippen LogP contribution in [-0.4, -0.2) is 28.1 Å². The van der Waals surface area contributed by atoms with E-state index in [-0.39, 0.29) is 16.7 Å². The molecule has 0 saturated carbocycles. The van der Waals surface area contributed by atoms with Gasteiger partial charge >= 0.3 is 5.97 Å². The lowest BCUT2D eigenvalue weighted by Gasteiger charge is -2.26. The molecular formula is C26H24N2O4S. The Balaban J connectivity index is 1.71. The van der Waals surface area contributed by atoms with Crippen LogP contribution < -0.4 is 10.2 Å². The number of benzene rings is 3. The molecular weight excluding hydrogens is 436 g/mol. The van der Waals surface area contributed by atoms with E-state index in [0.29, 0.717) is 5.69 Å². The van der Waals surface area contributed by atoms with Crippen molar-refractivity contribution < 1.29 is 19.5 Å². The number of para-hydroxylation sites is 2. The van der Waals surface area contributed by atoms with Crippen molar-refractivity contribution in [3.05, 3.63) is 96.6 Å². The molecule has 0 aliphatic carbocycles. The molecule has 6 nitrogen and oxygen atoms in total. The fourth-order valence-electron chi connectivity index (χ4n) is 3.05. The van der Waals surface area contributed by atoms with Crippen LogP contribution in [0.15, 0.2) is 101 Å². The fraction of sp³-hybridized carbons (Fsp3) is 0.115. The van der Waals surface area contributed by atoms with Crippen molar-refractivity contribution in [2.24, 2.45) is 0 Å². The van der Waals surface area contributed by atoms with Crippen LogP contribution in [0.2, 0.25) is 0 Å². The average molecular weight is 461 g/mol. The molecule has 1 unspecified atom stereocenters. The summed E-state index contributed by atoms with van der Waals surface area (Å²) in [5.74, 6) is -1.71. The SMILES string of the molecule is CC(=CC(=O)Nc1ccc(SC(C)C(=O)N(c2ccccc2)c2ccccc2)cc1)C(=O)O. The first kappa shape index (κ1) is 23.8. The van der Waals surface area contributed by atoms with Crippen molar-refractivity contribution in [2.75, 3.05) is 10.2 Å². The molecule has 1 atom stereocenters. The number of hydrogen-bond donors (Lipinski definition) is 2. The van der Waals surface area contributed by atoms with Crippen molar-refractivity contribution >= 4 is 46.6 Å². The van der Waals surface area contributed by atoms with E-state index in [1.165, 1.54) is 18.7 Å². The molecule has 2 N–H and O–H groups in total. The predicted octanol–water partition coefficient (Wildman–Crippen LogP) is 5.50. The van der Waals surface area contributed by atoms with Gasteiger partial charge in [0.25, 0.3) is 0 Å². The van der Waals surface area contributed by atoms with Crippen LogP contribution in [-0.2, 0) is 14.4 Å². The van der Waals surface area contributed by atoms with E-state index in [1.54, 1.807) is 17.0 Å². The predicted molar refractivity (Wildman–Crippen MR) is 132 cm³/mol. The minimum Gasteiger partial charge on any atom is -0.478 e. The number of aliphatic carboxylic acids is 1. The van der Waals surface area contributed by atoms with E-state index >= 15 is 0 Å². The van der Waals surface area contributed by atoms with Crippen LogP contribution in [0.3, 0.4) is 0 Å². The first-order chi connectivity index (χ1) is 15.8. The summed E-state index contributed by atoms with van der Waals surface area (Å²) in [6, 6.07) is 26.1. The standard InChI is InChI=1S/C26H24N2O4S/c1-18(26(31)32)17-24(29)27-20-13-15-23(16-14-20)33-19(2)25(30)28(21-9-5-3-6-10-21)22-11-7-4-8-12-22/h3-17,19H,1-2H3,(H,27,29)(H,31,32). The number of anilines is 3. The lowest BCUT2D eigenvalue weighted by molar-refractivity contribution is -0.132. The summed E-state index contributed by atoms with van der Waals surface area (Å²) in [4.78, 5) is 38.7. The summed E-state index contributed by atoms with van der Waals surface area (Å²) in [5, 5.41) is 11.1. The van der Waals surface area contributed by atoms with Gasteiger partial charge in [-0.25, -0.2) is 4.79 Å². The molecule has 0 fully saturated rings. The Morgan fingerprint density at radius 1 is 0.879 bits per heavy atom. The number of carboxylic acids is 1. The fourth-order valence-corrected chi connectivity index (χ4v) is 3.96. The van der Waals surface area contributed by atoms with Gasteiger partial charge in [0.1, 0.15) is 0 Å². The maximum Gasteiger partial charge on any atom is 0.331 e. The number of amides is 2. The van der Waals surface area contributed by atoms with Gasteiger partial charge in [-0.3, -0.25) is 14.5 Å². The summed E-state index contributed by atoms with van der Waals surface area (Å²) in [6.07, 6.45) is 1.04. The van der Waals surface area contributed by atoms with Crippen LogP contribution >= 0.6 is 11.8 Å². The van der Waals surface area contributed by atoms with Gasteiger partial charge in [0, 0.05) is 33.6 Å². The molecule has 3 aromatic carbocycles. The molecule has 0 aliphatic rings. The molecule has 0 bridgehead atoms. The second kappa shape index (κ2) is 11.2. The van der Waals surface area contributed by atoms with Gasteiger partial charge < -0.3 is 10.4 Å². The van der Waals surface area contributed by atoms with E-state index in [9.17, 15) is 14.4 Å². The van der Waals surface area contributed by atoms with Gasteiger partial charge in [-0.15, -0.1) is 11.8 Å². The number of rotatable bonds is 8. The average Bonchev–Trinajstić information content (AvgIpc) is 2.81. The first-order valence-corrected chi connectivity index (χ1v) is 11.2. The maximum absolute atomic E-state index is 13.4. The molecule has 0 heterocycles. The molecule has 0 aliphatic heterocycles. The van der Waals surface area contributed by atoms with Gasteiger partial charge in [0.2, 0.25) is 11.8 Å². The molecule has 33 heavy (non-hydrogen) atoms. The van der Waals surface area contributed by atoms with E-state index < -0.39 is 11.9 Å². The molecule has 0 saturated heterocycles. The van der Waals surface area contributed by atoms with Crippen molar-refractivity contribution in [1.29, 1.82) is 0 Å². The highest BCUT2D eigenvalue weighted by Gasteiger charge is 2.24. The number of carboxylic acid groups (broad SMARTS) is 1. The van der Waals surface area contributed by atoms with Gasteiger partial charge in [-0.05, 0) is 62.4 Å². The summed E-state index contributed by atoms with van der Waals surface area (Å²) in [6.45, 7) is 3.22. The maximum atomic E-state index is 13.4. The smallest absolute Gasteiger partial charge is 0.331 e. The Morgan fingerprint density at radius 2 is 1.39 bits per heavy atom. The summed E-state index contributed by atoms with van der Waals surface area (Å²) < 4.78 is 0. The Hall–Kier alpha value is -3.84. The van der Waals surface area contributed by atoms with E-state index in [2.05, 4.69) is 5.32 Å². The minimum absolute atomic E-state index is 0.0478. The normalized spacial score (nSPS) is 12.0. The van der Waals surface area contributed by atoms with E-state index in [0.717, 1.165) is 22.3 Å². The van der Waals surface area contributed by atoms with E-state index in [1.807, 2.05) is 79.7 Å². The van der Waals surface area contributed by atoms with Crippen LogP contribution in [0.25, 0.3) is 0 Å². The zero-order valence-electron chi connectivity index (χ0n) is 18.3. The monoisotopic (exact) mass is 460 g/mol. The Morgan fingerprint density at radius 3 is 1.88 bits per heavy atom. The highest BCUT2D eigenvalue weighted by molar-refractivity contribution is 8.00. The Kier molecular flexibility index (Phi) is 8.05. The number of nitrogens with one attached hydrogen (secondary N) is 1. The van der Waals surface area contributed by atoms with Crippen LogP contribution in [0.1, 0.15) is 13.8 Å². The second-order valence-electron chi connectivity index (χ2n) is 7.25. The summed E-state index contributed by atoms with van der Waals surface area (Å²) in [7, 11) is 0. The largest absolute Gasteiger partial charge is 0.478 e.